The first-order valence-corrected chi connectivity index (χ1v) is 10.6. The monoisotopic (exact) mass is 474 g/mol. The second-order valence-electron chi connectivity index (χ2n) is 5.20. The third kappa shape index (κ3) is 2.84. The van der Waals surface area contributed by atoms with Crippen molar-refractivity contribution in [3.63, 3.8) is 0 Å². The second kappa shape index (κ2) is 6.12. The number of fused-ring (bicyclic) bond motifs is 1. The van der Waals surface area contributed by atoms with E-state index >= 15 is 0 Å². The molecule has 1 aromatic carbocycles. The van der Waals surface area contributed by atoms with Crippen LogP contribution in [0.2, 0.25) is 10.3 Å². The van der Waals surface area contributed by atoms with Crippen molar-refractivity contribution in [3.8, 4) is 11.3 Å². The third-order valence-electron chi connectivity index (χ3n) is 3.65. The number of rotatable bonds is 3. The average Bonchev–Trinajstić information content (AvgIpc) is 3.33. The fourth-order valence-corrected chi connectivity index (χ4v) is 4.55. The molecule has 3 aromatic rings. The molecular formula is C15H11Cl2IN5O-. The van der Waals surface area contributed by atoms with Crippen LogP contribution in [-0.4, -0.2) is 37.0 Å². The number of nitrogens with zero attached hydrogens (tertiary/aromatic N) is 4. The number of aromatic nitrogens is 4. The number of benzene rings is 1. The van der Waals surface area contributed by atoms with Crippen LogP contribution < -0.4 is 26.5 Å². The second-order valence-corrected chi connectivity index (χ2v) is 9.24. The van der Waals surface area contributed by atoms with Crippen molar-refractivity contribution in [2.75, 3.05) is 11.5 Å². The van der Waals surface area contributed by atoms with Crippen LogP contribution >= 0.6 is 23.2 Å². The Kier molecular flexibility index (Phi) is 4.09. The molecule has 1 fully saturated rings. The van der Waals surface area contributed by atoms with Crippen molar-refractivity contribution in [3.05, 3.63) is 46.0 Å². The summed E-state index contributed by atoms with van der Waals surface area (Å²) in [6.07, 6.45) is 0. The van der Waals surface area contributed by atoms with Gasteiger partial charge in [-0.1, -0.05) is 0 Å². The summed E-state index contributed by atoms with van der Waals surface area (Å²) in [6.45, 7) is 0. The summed E-state index contributed by atoms with van der Waals surface area (Å²) in [7, 11) is 1.53. The van der Waals surface area contributed by atoms with Crippen LogP contribution in [0.1, 0.15) is 20.1 Å². The van der Waals surface area contributed by atoms with Crippen LogP contribution in [0, 0.1) is 0 Å². The van der Waals surface area contributed by atoms with E-state index in [4.69, 9.17) is 23.2 Å². The molecule has 1 aliphatic rings. The van der Waals surface area contributed by atoms with Gasteiger partial charge < -0.3 is 0 Å². The number of amides is 1. The third-order valence-corrected chi connectivity index (χ3v) is 6.56. The van der Waals surface area contributed by atoms with Crippen molar-refractivity contribution >= 4 is 34.8 Å². The summed E-state index contributed by atoms with van der Waals surface area (Å²) < 4.78 is 3.23. The Morgan fingerprint density at radius 2 is 2.12 bits per heavy atom. The number of halogens is 3. The van der Waals surface area contributed by atoms with Crippen LogP contribution in [-0.2, 0) is 0 Å². The van der Waals surface area contributed by atoms with Gasteiger partial charge >= 0.3 is 158 Å². The van der Waals surface area contributed by atoms with Gasteiger partial charge in [0.25, 0.3) is 0 Å². The Morgan fingerprint density at radius 3 is 2.83 bits per heavy atom. The molecular weight excluding hydrogens is 464 g/mol. The van der Waals surface area contributed by atoms with E-state index in [1.165, 1.54) is 21.6 Å². The molecule has 3 heterocycles. The van der Waals surface area contributed by atoms with Gasteiger partial charge in [-0.25, -0.2) is 0 Å². The van der Waals surface area contributed by atoms with Crippen LogP contribution in [0.4, 0.5) is 0 Å². The molecule has 0 aliphatic carbocycles. The molecule has 1 atom stereocenters. The Labute approximate surface area is 157 Å². The average molecular weight is 475 g/mol. The first-order chi connectivity index (χ1) is 11.6. The van der Waals surface area contributed by atoms with E-state index in [9.17, 15) is 4.79 Å². The molecule has 2 aromatic heterocycles. The zero-order chi connectivity index (χ0) is 16.8. The molecule has 1 N–H and O–H groups in total. The first-order valence-electron chi connectivity index (χ1n) is 7.10. The maximum absolute atomic E-state index is 11.7. The molecule has 6 nitrogen and oxygen atoms in total. The number of carbonyl (C=O) groups excluding carboxylic acids is 1. The summed E-state index contributed by atoms with van der Waals surface area (Å²) in [5, 5.41) is 7.47. The van der Waals surface area contributed by atoms with Gasteiger partial charge in [-0.05, 0) is 0 Å². The van der Waals surface area contributed by atoms with Gasteiger partial charge in [0.2, 0.25) is 0 Å². The Morgan fingerprint density at radius 1 is 1.33 bits per heavy atom. The van der Waals surface area contributed by atoms with E-state index in [0.29, 0.717) is 15.3 Å². The molecule has 0 spiro atoms. The molecule has 24 heavy (non-hydrogen) atoms. The van der Waals surface area contributed by atoms with Crippen molar-refractivity contribution in [1.82, 2.24) is 24.9 Å². The zero-order valence-corrected chi connectivity index (χ0v) is 16.1. The van der Waals surface area contributed by atoms with Gasteiger partial charge in [0.15, 0.2) is 0 Å². The molecule has 9 heteroatoms. The topological polar surface area (TPSA) is 72.2 Å². The molecule has 0 saturated carbocycles. The summed E-state index contributed by atoms with van der Waals surface area (Å²) in [6, 6.07) is 7.61. The predicted molar refractivity (Wildman–Crippen MR) is 87.2 cm³/mol. The van der Waals surface area contributed by atoms with E-state index in [1.54, 1.807) is 6.07 Å². The number of carbonyl (C=O) groups is 1. The van der Waals surface area contributed by atoms with Crippen LogP contribution in [0.15, 0.2) is 24.3 Å². The number of hydrogen-bond donors (Lipinski definition) is 1. The SMILES string of the molecule is CNC(=O)c1nc2cc(-c3ccc(Cl)cc3C3C[I-]3)nc(Cl)n2n1. The Hall–Kier alpha value is -1.45. The van der Waals surface area contributed by atoms with Gasteiger partial charge in [-0.2, -0.15) is 0 Å². The number of hydrogen-bond acceptors (Lipinski definition) is 4. The van der Waals surface area contributed by atoms with Crippen LogP contribution in [0.3, 0.4) is 0 Å². The van der Waals surface area contributed by atoms with Crippen molar-refractivity contribution in [2.24, 2.45) is 0 Å². The standard InChI is InChI=1S/C15H11Cl2IN5O/c1-19-14(24)13-21-12-5-11(20-15(17)23(12)22-13)8-3-2-7(16)4-9(8)10-6-18-10/h2-5,10H,6H2,1H3,(H,19,24)/q-1. The summed E-state index contributed by atoms with van der Waals surface area (Å²) >= 11 is 12.6. The van der Waals surface area contributed by atoms with Gasteiger partial charge in [0.1, 0.15) is 0 Å². The normalized spacial score (nSPS) is 16.7. The molecule has 0 radical (unpaired) electrons. The van der Waals surface area contributed by atoms with E-state index in [-0.39, 0.29) is 38.2 Å². The van der Waals surface area contributed by atoms with E-state index in [2.05, 4.69) is 20.4 Å². The Bertz CT molecular complexity index is 970. The van der Waals surface area contributed by atoms with Gasteiger partial charge in [-0.3, -0.25) is 0 Å². The molecule has 1 saturated heterocycles. The van der Waals surface area contributed by atoms with Gasteiger partial charge in [-0.15, -0.1) is 0 Å². The zero-order valence-electron chi connectivity index (χ0n) is 12.4. The molecule has 1 aliphatic heterocycles. The maximum atomic E-state index is 11.7. The van der Waals surface area contributed by atoms with Crippen molar-refractivity contribution in [1.29, 1.82) is 0 Å². The van der Waals surface area contributed by atoms with Gasteiger partial charge in [0, 0.05) is 0 Å². The predicted octanol–water partition coefficient (Wildman–Crippen LogP) is -0.399. The number of alkyl halides is 2. The quantitative estimate of drug-likeness (QED) is 0.318. The van der Waals surface area contributed by atoms with E-state index in [0.717, 1.165) is 10.6 Å². The van der Waals surface area contributed by atoms with E-state index < -0.39 is 0 Å². The minimum absolute atomic E-state index is 0.0581. The fraction of sp³-hybridized carbons (Fsp3) is 0.200. The van der Waals surface area contributed by atoms with E-state index in [1.807, 2.05) is 18.2 Å². The molecule has 1 amide bonds. The van der Waals surface area contributed by atoms with Crippen LogP contribution in [0.5, 0.6) is 0 Å². The number of nitrogens with one attached hydrogen (secondary N) is 1. The molecule has 0 bridgehead atoms. The summed E-state index contributed by atoms with van der Waals surface area (Å²) in [4.78, 5) is 20.4. The summed E-state index contributed by atoms with van der Waals surface area (Å²) in [5.74, 6) is -0.311. The van der Waals surface area contributed by atoms with Crippen molar-refractivity contribution in [2.45, 2.75) is 3.92 Å². The van der Waals surface area contributed by atoms with Crippen molar-refractivity contribution < 1.29 is 26.0 Å². The molecule has 1 unspecified atom stereocenters. The van der Waals surface area contributed by atoms with Crippen LogP contribution in [0.25, 0.3) is 16.9 Å². The molecule has 4 rings (SSSR count). The fourth-order valence-electron chi connectivity index (χ4n) is 2.44. The first kappa shape index (κ1) is 16.0. The molecule has 124 valence electrons. The minimum atomic E-state index is -0.369. The summed E-state index contributed by atoms with van der Waals surface area (Å²) in [5.41, 5.74) is 3.42. The van der Waals surface area contributed by atoms with Gasteiger partial charge in [0.05, 0.1) is 0 Å². The Balaban J connectivity index is 1.87.